The molecule has 1 fully saturated rings. The zero-order valence-corrected chi connectivity index (χ0v) is 13.9. The van der Waals surface area contributed by atoms with Gasteiger partial charge in [0.2, 0.25) is 0 Å². The quantitative estimate of drug-likeness (QED) is 0.864. The Balaban J connectivity index is 1.60. The van der Waals surface area contributed by atoms with E-state index in [-0.39, 0.29) is 5.91 Å². The third-order valence-corrected chi connectivity index (χ3v) is 5.65. The summed E-state index contributed by atoms with van der Waals surface area (Å²) < 4.78 is 0. The van der Waals surface area contributed by atoms with Crippen molar-refractivity contribution in [1.29, 1.82) is 0 Å². The molecule has 2 aromatic rings. The molecule has 0 spiro atoms. The maximum absolute atomic E-state index is 12.6. The van der Waals surface area contributed by atoms with Gasteiger partial charge in [-0.3, -0.25) is 9.69 Å². The molecule has 1 saturated heterocycles. The summed E-state index contributed by atoms with van der Waals surface area (Å²) in [5.41, 5.74) is 2.48. The smallest absolute Gasteiger partial charge is 0.264 e. The highest BCUT2D eigenvalue weighted by Crippen LogP contribution is 2.19. The number of carbonyl (C=O) groups excluding carboxylic acids is 1. The molecule has 3 heterocycles. The number of aryl methyl sites for hydroxylation is 1. The Kier molecular flexibility index (Phi) is 4.73. The molecule has 0 bridgehead atoms. The van der Waals surface area contributed by atoms with Gasteiger partial charge >= 0.3 is 0 Å². The zero-order chi connectivity index (χ0) is 14.7. The van der Waals surface area contributed by atoms with Crippen molar-refractivity contribution in [3.63, 3.8) is 0 Å². The van der Waals surface area contributed by atoms with Crippen LogP contribution in [0.15, 0.2) is 28.3 Å². The van der Waals surface area contributed by atoms with Gasteiger partial charge in [-0.25, -0.2) is 0 Å². The molecule has 3 nitrogen and oxygen atoms in total. The van der Waals surface area contributed by atoms with Crippen molar-refractivity contribution in [3.05, 3.63) is 44.3 Å². The minimum atomic E-state index is 0.208. The first kappa shape index (κ1) is 14.8. The molecular formula is C16H20N2OS2. The van der Waals surface area contributed by atoms with Crippen molar-refractivity contribution in [2.24, 2.45) is 0 Å². The average Bonchev–Trinajstić information content (AvgIpc) is 3.07. The molecule has 21 heavy (non-hydrogen) atoms. The second kappa shape index (κ2) is 6.73. The first-order chi connectivity index (χ1) is 10.2. The highest BCUT2D eigenvalue weighted by atomic mass is 32.1. The van der Waals surface area contributed by atoms with Crippen molar-refractivity contribution < 1.29 is 4.79 Å². The number of hydrogen-bond acceptors (Lipinski definition) is 4. The fourth-order valence-corrected chi connectivity index (χ4v) is 4.26. The standard InChI is InChI=1S/C16H20N2OS2/c1-13-3-10-21-15(13)16(19)18-6-2-5-17(7-8-18)11-14-4-9-20-12-14/h3-4,9-10,12H,2,5-8,11H2,1H3. The molecule has 0 aliphatic carbocycles. The van der Waals surface area contributed by atoms with Crippen molar-refractivity contribution >= 4 is 28.6 Å². The van der Waals surface area contributed by atoms with Crippen LogP contribution in [-0.2, 0) is 6.54 Å². The van der Waals surface area contributed by atoms with E-state index in [1.165, 1.54) is 5.56 Å². The number of amides is 1. The van der Waals surface area contributed by atoms with Crippen LogP contribution in [0.2, 0.25) is 0 Å². The first-order valence-electron chi connectivity index (χ1n) is 7.31. The Morgan fingerprint density at radius 1 is 1.19 bits per heavy atom. The minimum absolute atomic E-state index is 0.208. The lowest BCUT2D eigenvalue weighted by Gasteiger charge is -2.21. The van der Waals surface area contributed by atoms with Gasteiger partial charge in [-0.1, -0.05) is 0 Å². The minimum Gasteiger partial charge on any atom is -0.337 e. The van der Waals surface area contributed by atoms with Crippen LogP contribution in [0.1, 0.15) is 27.2 Å². The van der Waals surface area contributed by atoms with Crippen LogP contribution in [0.4, 0.5) is 0 Å². The monoisotopic (exact) mass is 320 g/mol. The molecule has 1 amide bonds. The van der Waals surface area contributed by atoms with Gasteiger partial charge in [0.1, 0.15) is 0 Å². The highest BCUT2D eigenvalue weighted by molar-refractivity contribution is 7.12. The largest absolute Gasteiger partial charge is 0.337 e. The van der Waals surface area contributed by atoms with E-state index in [9.17, 15) is 4.79 Å². The van der Waals surface area contributed by atoms with Gasteiger partial charge in [-0.15, -0.1) is 11.3 Å². The lowest BCUT2D eigenvalue weighted by molar-refractivity contribution is 0.0765. The molecule has 0 atom stereocenters. The zero-order valence-electron chi connectivity index (χ0n) is 12.2. The van der Waals surface area contributed by atoms with Crippen molar-refractivity contribution in [3.8, 4) is 0 Å². The van der Waals surface area contributed by atoms with Gasteiger partial charge in [0.25, 0.3) is 5.91 Å². The van der Waals surface area contributed by atoms with Crippen molar-refractivity contribution in [2.75, 3.05) is 26.2 Å². The van der Waals surface area contributed by atoms with E-state index in [0.29, 0.717) is 0 Å². The lowest BCUT2D eigenvalue weighted by atomic mass is 10.2. The predicted molar refractivity (Wildman–Crippen MR) is 89.2 cm³/mol. The number of thiophene rings is 2. The van der Waals surface area contributed by atoms with Crippen molar-refractivity contribution in [2.45, 2.75) is 19.9 Å². The van der Waals surface area contributed by atoms with E-state index < -0.39 is 0 Å². The summed E-state index contributed by atoms with van der Waals surface area (Å²) in [5.74, 6) is 0.208. The number of rotatable bonds is 3. The maximum Gasteiger partial charge on any atom is 0.264 e. The SMILES string of the molecule is Cc1ccsc1C(=O)N1CCCN(Cc2ccsc2)CC1. The van der Waals surface area contributed by atoms with Gasteiger partial charge in [-0.2, -0.15) is 11.3 Å². The number of nitrogens with zero attached hydrogens (tertiary/aromatic N) is 2. The molecule has 1 aliphatic heterocycles. The molecule has 0 saturated carbocycles. The van der Waals surface area contributed by atoms with E-state index in [0.717, 1.165) is 49.6 Å². The van der Waals surface area contributed by atoms with Crippen LogP contribution in [0.5, 0.6) is 0 Å². The van der Waals surface area contributed by atoms with Crippen molar-refractivity contribution in [1.82, 2.24) is 9.80 Å². The van der Waals surface area contributed by atoms with Gasteiger partial charge in [0, 0.05) is 32.7 Å². The molecule has 112 valence electrons. The van der Waals surface area contributed by atoms with E-state index in [4.69, 9.17) is 0 Å². The first-order valence-corrected chi connectivity index (χ1v) is 9.13. The molecule has 2 aromatic heterocycles. The van der Waals surface area contributed by atoms with E-state index in [2.05, 4.69) is 21.7 Å². The van der Waals surface area contributed by atoms with E-state index >= 15 is 0 Å². The summed E-state index contributed by atoms with van der Waals surface area (Å²) in [4.78, 5) is 18.0. The van der Waals surface area contributed by atoms with Gasteiger partial charge in [0.15, 0.2) is 0 Å². The molecular weight excluding hydrogens is 300 g/mol. The van der Waals surface area contributed by atoms with Crippen LogP contribution < -0.4 is 0 Å². The summed E-state index contributed by atoms with van der Waals surface area (Å²) in [6.45, 7) is 6.76. The van der Waals surface area contributed by atoms with Gasteiger partial charge < -0.3 is 4.90 Å². The Labute approximate surface area is 133 Å². The third kappa shape index (κ3) is 3.54. The van der Waals surface area contributed by atoms with Crippen LogP contribution in [0.25, 0.3) is 0 Å². The molecule has 5 heteroatoms. The Bertz CT molecular complexity index is 591. The predicted octanol–water partition coefficient (Wildman–Crippen LogP) is 3.47. The van der Waals surface area contributed by atoms with Crippen LogP contribution in [0, 0.1) is 6.92 Å². The Morgan fingerprint density at radius 2 is 2.10 bits per heavy atom. The number of hydrogen-bond donors (Lipinski definition) is 0. The summed E-state index contributed by atoms with van der Waals surface area (Å²) >= 11 is 3.31. The van der Waals surface area contributed by atoms with Crippen LogP contribution >= 0.6 is 22.7 Å². The van der Waals surface area contributed by atoms with Crippen LogP contribution in [-0.4, -0.2) is 41.9 Å². The topological polar surface area (TPSA) is 23.6 Å². The maximum atomic E-state index is 12.6. The summed E-state index contributed by atoms with van der Waals surface area (Å²) in [5, 5.41) is 6.34. The second-order valence-electron chi connectivity index (χ2n) is 5.49. The van der Waals surface area contributed by atoms with E-state index in [1.54, 1.807) is 22.7 Å². The third-order valence-electron chi connectivity index (χ3n) is 3.92. The molecule has 0 N–H and O–H groups in total. The fraction of sp³-hybridized carbons (Fsp3) is 0.438. The molecule has 0 radical (unpaired) electrons. The number of carbonyl (C=O) groups is 1. The molecule has 1 aliphatic rings. The second-order valence-corrected chi connectivity index (χ2v) is 7.18. The average molecular weight is 320 g/mol. The van der Waals surface area contributed by atoms with E-state index in [1.807, 2.05) is 23.3 Å². The fourth-order valence-electron chi connectivity index (χ4n) is 2.71. The molecule has 0 unspecified atom stereocenters. The van der Waals surface area contributed by atoms with Crippen LogP contribution in [0.3, 0.4) is 0 Å². The molecule has 3 rings (SSSR count). The Morgan fingerprint density at radius 3 is 2.81 bits per heavy atom. The lowest BCUT2D eigenvalue weighted by Crippen LogP contribution is -2.34. The summed E-state index contributed by atoms with van der Waals surface area (Å²) in [7, 11) is 0. The summed E-state index contributed by atoms with van der Waals surface area (Å²) in [6, 6.07) is 4.21. The highest BCUT2D eigenvalue weighted by Gasteiger charge is 2.22. The normalized spacial score (nSPS) is 16.9. The van der Waals surface area contributed by atoms with Gasteiger partial charge in [0.05, 0.1) is 4.88 Å². The Hall–Kier alpha value is -1.17. The molecule has 0 aromatic carbocycles. The summed E-state index contributed by atoms with van der Waals surface area (Å²) in [6.07, 6.45) is 1.06. The van der Waals surface area contributed by atoms with Gasteiger partial charge in [-0.05, 0) is 52.7 Å².